The summed E-state index contributed by atoms with van der Waals surface area (Å²) in [6, 6.07) is 8.29. The molecule has 1 aromatic carbocycles. The van der Waals surface area contributed by atoms with E-state index in [-0.39, 0.29) is 0 Å². The van der Waals surface area contributed by atoms with Crippen molar-refractivity contribution in [2.24, 2.45) is 5.92 Å². The van der Waals surface area contributed by atoms with Crippen LogP contribution in [0.1, 0.15) is 31.0 Å². The van der Waals surface area contributed by atoms with E-state index in [1.165, 1.54) is 5.56 Å². The Morgan fingerprint density at radius 1 is 1.38 bits per heavy atom. The highest BCUT2D eigenvalue weighted by Crippen LogP contribution is 2.37. The maximum Gasteiger partial charge on any atom is 0.230 e. The van der Waals surface area contributed by atoms with Gasteiger partial charge in [0.05, 0.1) is 17.4 Å². The summed E-state index contributed by atoms with van der Waals surface area (Å²) in [4.78, 5) is 0. The Kier molecular flexibility index (Phi) is 3.97. The zero-order chi connectivity index (χ0) is 14.8. The van der Waals surface area contributed by atoms with Crippen molar-refractivity contribution in [1.82, 2.24) is 5.16 Å². The number of rotatable bonds is 5. The third-order valence-electron chi connectivity index (χ3n) is 4.17. The molecule has 2 N–H and O–H groups in total. The molecule has 4 nitrogen and oxygen atoms in total. The SMILES string of the molecule is CCOC1CC(Cc2noc(N)c2-c2cccc(C)c2)C1. The lowest BCUT2D eigenvalue weighted by molar-refractivity contribution is -0.0244. The number of aromatic nitrogens is 1. The van der Waals surface area contributed by atoms with Crippen molar-refractivity contribution in [2.45, 2.75) is 39.2 Å². The van der Waals surface area contributed by atoms with Crippen molar-refractivity contribution < 1.29 is 9.26 Å². The second kappa shape index (κ2) is 5.90. The maximum atomic E-state index is 5.98. The van der Waals surface area contributed by atoms with Crippen molar-refractivity contribution in [3.05, 3.63) is 35.5 Å². The van der Waals surface area contributed by atoms with Crippen molar-refractivity contribution in [3.63, 3.8) is 0 Å². The fourth-order valence-electron chi connectivity index (χ4n) is 3.07. The van der Waals surface area contributed by atoms with E-state index in [0.717, 1.165) is 42.7 Å². The average Bonchev–Trinajstić information content (AvgIpc) is 2.77. The van der Waals surface area contributed by atoms with E-state index in [2.05, 4.69) is 30.3 Å². The molecule has 1 fully saturated rings. The Bertz CT molecular complexity index is 615. The largest absolute Gasteiger partial charge is 0.378 e. The lowest BCUT2D eigenvalue weighted by Gasteiger charge is -2.34. The quantitative estimate of drug-likeness (QED) is 0.912. The predicted molar refractivity (Wildman–Crippen MR) is 82.9 cm³/mol. The van der Waals surface area contributed by atoms with Crippen LogP contribution in [0.4, 0.5) is 5.88 Å². The first-order chi connectivity index (χ1) is 10.2. The molecule has 0 radical (unpaired) electrons. The normalized spacial score (nSPS) is 21.2. The summed E-state index contributed by atoms with van der Waals surface area (Å²) in [6.45, 7) is 4.91. The minimum absolute atomic E-state index is 0.413. The van der Waals surface area contributed by atoms with Gasteiger partial charge in [-0.05, 0) is 44.6 Å². The molecule has 2 aromatic rings. The lowest BCUT2D eigenvalue weighted by atomic mass is 9.78. The number of ether oxygens (including phenoxy) is 1. The molecule has 1 heterocycles. The van der Waals surface area contributed by atoms with Crippen LogP contribution in [0.3, 0.4) is 0 Å². The van der Waals surface area contributed by atoms with E-state index in [1.54, 1.807) is 0 Å². The van der Waals surface area contributed by atoms with Gasteiger partial charge in [0.2, 0.25) is 5.88 Å². The van der Waals surface area contributed by atoms with E-state index >= 15 is 0 Å². The molecule has 0 atom stereocenters. The van der Waals surface area contributed by atoms with Crippen LogP contribution in [0.2, 0.25) is 0 Å². The van der Waals surface area contributed by atoms with Gasteiger partial charge in [0.25, 0.3) is 0 Å². The van der Waals surface area contributed by atoms with Gasteiger partial charge < -0.3 is 15.0 Å². The molecule has 1 aliphatic carbocycles. The van der Waals surface area contributed by atoms with Gasteiger partial charge in [-0.2, -0.15) is 0 Å². The monoisotopic (exact) mass is 286 g/mol. The summed E-state index contributed by atoms with van der Waals surface area (Å²) in [5, 5.41) is 4.17. The van der Waals surface area contributed by atoms with Crippen LogP contribution in [-0.2, 0) is 11.2 Å². The molecule has 112 valence electrons. The van der Waals surface area contributed by atoms with Crippen LogP contribution in [0.15, 0.2) is 28.8 Å². The third-order valence-corrected chi connectivity index (χ3v) is 4.17. The van der Waals surface area contributed by atoms with Crippen LogP contribution >= 0.6 is 0 Å². The first-order valence-corrected chi connectivity index (χ1v) is 7.60. The number of aryl methyl sites for hydroxylation is 1. The van der Waals surface area contributed by atoms with Crippen LogP contribution in [-0.4, -0.2) is 17.9 Å². The van der Waals surface area contributed by atoms with Crippen LogP contribution in [0.5, 0.6) is 0 Å². The first kappa shape index (κ1) is 14.1. The van der Waals surface area contributed by atoms with Crippen molar-refractivity contribution in [1.29, 1.82) is 0 Å². The molecule has 0 unspecified atom stereocenters. The number of hydrogen-bond acceptors (Lipinski definition) is 4. The number of anilines is 1. The molecule has 1 aromatic heterocycles. The summed E-state index contributed by atoms with van der Waals surface area (Å²) in [5.41, 5.74) is 10.2. The second-order valence-corrected chi connectivity index (χ2v) is 5.86. The van der Waals surface area contributed by atoms with Gasteiger partial charge in [-0.1, -0.05) is 35.0 Å². The van der Waals surface area contributed by atoms with Crippen LogP contribution in [0, 0.1) is 12.8 Å². The molecule has 0 bridgehead atoms. The van der Waals surface area contributed by atoms with Gasteiger partial charge in [0, 0.05) is 6.61 Å². The molecule has 0 amide bonds. The number of nitrogen functional groups attached to an aromatic ring is 1. The zero-order valence-corrected chi connectivity index (χ0v) is 12.6. The molecule has 1 saturated carbocycles. The zero-order valence-electron chi connectivity index (χ0n) is 12.6. The molecule has 0 aliphatic heterocycles. The highest BCUT2D eigenvalue weighted by molar-refractivity contribution is 5.75. The Morgan fingerprint density at radius 3 is 2.90 bits per heavy atom. The summed E-state index contributed by atoms with van der Waals surface area (Å²) < 4.78 is 10.8. The highest BCUT2D eigenvalue weighted by atomic mass is 16.5. The average molecular weight is 286 g/mol. The fraction of sp³-hybridized carbons (Fsp3) is 0.471. The van der Waals surface area contributed by atoms with Crippen molar-refractivity contribution in [2.75, 3.05) is 12.3 Å². The van der Waals surface area contributed by atoms with Gasteiger partial charge in [-0.3, -0.25) is 0 Å². The van der Waals surface area contributed by atoms with E-state index in [0.29, 0.717) is 17.9 Å². The Balaban J connectivity index is 1.76. The smallest absolute Gasteiger partial charge is 0.230 e. The number of nitrogens with zero attached hydrogens (tertiary/aromatic N) is 1. The predicted octanol–water partition coefficient (Wildman–Crippen LogP) is 3.59. The number of hydrogen-bond donors (Lipinski definition) is 1. The number of nitrogens with two attached hydrogens (primary N) is 1. The molecule has 0 spiro atoms. The molecule has 0 saturated heterocycles. The molecule has 21 heavy (non-hydrogen) atoms. The van der Waals surface area contributed by atoms with Crippen LogP contribution in [0.25, 0.3) is 11.1 Å². The van der Waals surface area contributed by atoms with E-state index in [9.17, 15) is 0 Å². The third kappa shape index (κ3) is 2.95. The van der Waals surface area contributed by atoms with Gasteiger partial charge in [-0.15, -0.1) is 0 Å². The Labute approximate surface area is 125 Å². The van der Waals surface area contributed by atoms with E-state index in [4.69, 9.17) is 15.0 Å². The van der Waals surface area contributed by atoms with E-state index < -0.39 is 0 Å². The molecular formula is C17H22N2O2. The van der Waals surface area contributed by atoms with Gasteiger partial charge in [0.15, 0.2) is 0 Å². The topological polar surface area (TPSA) is 61.3 Å². The number of benzene rings is 1. The fourth-order valence-corrected chi connectivity index (χ4v) is 3.07. The van der Waals surface area contributed by atoms with Gasteiger partial charge in [-0.25, -0.2) is 0 Å². The summed E-state index contributed by atoms with van der Waals surface area (Å²) in [6.07, 6.45) is 3.54. The second-order valence-electron chi connectivity index (χ2n) is 5.86. The summed E-state index contributed by atoms with van der Waals surface area (Å²) in [5.74, 6) is 1.03. The summed E-state index contributed by atoms with van der Waals surface area (Å²) in [7, 11) is 0. The molecule has 1 aliphatic rings. The first-order valence-electron chi connectivity index (χ1n) is 7.60. The van der Waals surface area contributed by atoms with Crippen molar-refractivity contribution >= 4 is 5.88 Å². The van der Waals surface area contributed by atoms with Gasteiger partial charge in [0.1, 0.15) is 0 Å². The Morgan fingerprint density at radius 2 is 2.19 bits per heavy atom. The highest BCUT2D eigenvalue weighted by Gasteiger charge is 2.31. The van der Waals surface area contributed by atoms with Crippen LogP contribution < -0.4 is 5.73 Å². The Hall–Kier alpha value is -1.81. The molecular weight excluding hydrogens is 264 g/mol. The van der Waals surface area contributed by atoms with Crippen molar-refractivity contribution in [3.8, 4) is 11.1 Å². The summed E-state index contributed by atoms with van der Waals surface area (Å²) >= 11 is 0. The lowest BCUT2D eigenvalue weighted by Crippen LogP contribution is -2.32. The maximum absolute atomic E-state index is 5.98. The van der Waals surface area contributed by atoms with E-state index in [1.807, 2.05) is 13.0 Å². The molecule has 3 rings (SSSR count). The van der Waals surface area contributed by atoms with Gasteiger partial charge >= 0.3 is 0 Å². The molecule has 4 heteroatoms. The minimum Gasteiger partial charge on any atom is -0.378 e. The standard InChI is InChI=1S/C17H22N2O2/c1-3-20-14-8-12(9-14)10-15-16(17(18)21-19-15)13-6-4-5-11(2)7-13/h4-7,12,14H,3,8-10,18H2,1-2H3. The minimum atomic E-state index is 0.413.